The quantitative estimate of drug-likeness (QED) is 0.400. The first kappa shape index (κ1) is 21.2. The van der Waals surface area contributed by atoms with Gasteiger partial charge in [-0.3, -0.25) is 0 Å². The summed E-state index contributed by atoms with van der Waals surface area (Å²) in [6.07, 6.45) is 2.12. The lowest BCUT2D eigenvalue weighted by Gasteiger charge is -2.23. The third-order valence-electron chi connectivity index (χ3n) is 4.87. The fraction of sp³-hybridized carbons (Fsp3) is 0.231. The Labute approximate surface area is 179 Å². The highest BCUT2D eigenvalue weighted by molar-refractivity contribution is 6.19. The van der Waals surface area contributed by atoms with Gasteiger partial charge in [0.1, 0.15) is 12.4 Å². The molecule has 3 aromatic rings. The highest BCUT2D eigenvalue weighted by Crippen LogP contribution is 2.38. The zero-order chi connectivity index (χ0) is 20.5. The Morgan fingerprint density at radius 1 is 0.862 bits per heavy atom. The van der Waals surface area contributed by atoms with E-state index < -0.39 is 0 Å². The van der Waals surface area contributed by atoms with Crippen LogP contribution in [-0.2, 0) is 0 Å². The van der Waals surface area contributed by atoms with Crippen molar-refractivity contribution in [1.82, 2.24) is 4.90 Å². The van der Waals surface area contributed by atoms with E-state index in [1.807, 2.05) is 20.2 Å². The number of likely N-dealkylation sites (N-methyl/N-ethyl adjacent to an activating group) is 1. The van der Waals surface area contributed by atoms with Crippen LogP contribution in [0.25, 0.3) is 5.57 Å². The van der Waals surface area contributed by atoms with Crippen LogP contribution >= 0.6 is 11.6 Å². The molecule has 0 aromatic heterocycles. The number of hydrogen-bond acceptors (Lipinski definition) is 2. The summed E-state index contributed by atoms with van der Waals surface area (Å²) in [6.45, 7) is 1.57. The van der Waals surface area contributed by atoms with Crippen LogP contribution in [0.3, 0.4) is 0 Å². The molecule has 2 nitrogen and oxygen atoms in total. The van der Waals surface area contributed by atoms with E-state index >= 15 is 0 Å². The second-order valence-electron chi connectivity index (χ2n) is 7.24. The van der Waals surface area contributed by atoms with Gasteiger partial charge in [0.2, 0.25) is 0 Å². The first-order chi connectivity index (χ1) is 14.2. The molecule has 3 rings (SSSR count). The maximum atomic E-state index is 6.17. The van der Waals surface area contributed by atoms with Gasteiger partial charge in [-0.25, -0.2) is 0 Å². The Bertz CT molecular complexity index is 889. The largest absolute Gasteiger partial charge is 0.492 e. The van der Waals surface area contributed by atoms with Crippen molar-refractivity contribution >= 4 is 17.2 Å². The van der Waals surface area contributed by atoms with Crippen molar-refractivity contribution in [2.45, 2.75) is 5.92 Å². The van der Waals surface area contributed by atoms with Crippen LogP contribution in [0.2, 0.25) is 0 Å². The number of rotatable bonds is 9. The molecular formula is C26H28ClNO. The average Bonchev–Trinajstić information content (AvgIpc) is 2.75. The molecule has 29 heavy (non-hydrogen) atoms. The Kier molecular flexibility index (Phi) is 7.92. The smallest absolute Gasteiger partial charge is 0.119 e. The van der Waals surface area contributed by atoms with Gasteiger partial charge in [0.05, 0.1) is 0 Å². The van der Waals surface area contributed by atoms with Crippen LogP contribution in [0.5, 0.6) is 5.75 Å². The second kappa shape index (κ2) is 10.8. The summed E-state index contributed by atoms with van der Waals surface area (Å²) in [5.74, 6) is 1.47. The minimum Gasteiger partial charge on any atom is -0.492 e. The van der Waals surface area contributed by atoms with Crippen molar-refractivity contribution in [3.05, 3.63) is 108 Å². The lowest BCUT2D eigenvalue weighted by Crippen LogP contribution is -2.19. The van der Waals surface area contributed by atoms with Crippen molar-refractivity contribution in [3.8, 4) is 5.75 Å². The molecule has 0 N–H and O–H groups in total. The molecule has 0 radical (unpaired) electrons. The fourth-order valence-electron chi connectivity index (χ4n) is 3.42. The molecule has 0 saturated carbocycles. The van der Waals surface area contributed by atoms with Crippen LogP contribution in [0, 0.1) is 0 Å². The second-order valence-corrected chi connectivity index (χ2v) is 7.55. The Morgan fingerprint density at radius 2 is 1.45 bits per heavy atom. The lowest BCUT2D eigenvalue weighted by molar-refractivity contribution is 0.261. The van der Waals surface area contributed by atoms with Crippen LogP contribution < -0.4 is 4.74 Å². The van der Waals surface area contributed by atoms with Gasteiger partial charge >= 0.3 is 0 Å². The minimum atomic E-state index is 0.105. The standard InChI is InChI=1S/C26H28ClNO/c1-28(2)19-20-29-24-15-13-23(14-16-24)26(22-11-7-4-8-12-22)25(17-18-27)21-9-5-3-6-10-21/h3-17,26H,18-20H2,1-2H3. The monoisotopic (exact) mass is 405 g/mol. The molecule has 150 valence electrons. The maximum absolute atomic E-state index is 6.17. The SMILES string of the molecule is CN(C)CCOc1ccc(C(C(=CCCl)c2ccccc2)c2ccccc2)cc1. The number of nitrogens with zero attached hydrogens (tertiary/aromatic N) is 1. The van der Waals surface area contributed by atoms with E-state index in [1.54, 1.807) is 0 Å². The van der Waals surface area contributed by atoms with E-state index in [0.29, 0.717) is 12.5 Å². The van der Waals surface area contributed by atoms with E-state index in [4.69, 9.17) is 16.3 Å². The summed E-state index contributed by atoms with van der Waals surface area (Å²) in [5.41, 5.74) is 4.87. The molecule has 1 unspecified atom stereocenters. The predicted octanol–water partition coefficient (Wildman–Crippen LogP) is 6.08. The highest BCUT2D eigenvalue weighted by atomic mass is 35.5. The summed E-state index contributed by atoms with van der Waals surface area (Å²) < 4.78 is 5.87. The molecular weight excluding hydrogens is 378 g/mol. The minimum absolute atomic E-state index is 0.105. The molecule has 0 aliphatic rings. The third kappa shape index (κ3) is 5.96. The maximum Gasteiger partial charge on any atom is 0.119 e. The van der Waals surface area contributed by atoms with Crippen LogP contribution in [0.15, 0.2) is 91.0 Å². The molecule has 0 aliphatic heterocycles. The third-order valence-corrected chi connectivity index (χ3v) is 5.02. The van der Waals surface area contributed by atoms with Crippen molar-refractivity contribution in [1.29, 1.82) is 0 Å². The Balaban J connectivity index is 1.95. The zero-order valence-electron chi connectivity index (χ0n) is 17.1. The molecule has 1 atom stereocenters. The number of halogens is 1. The molecule has 0 spiro atoms. The number of allylic oxidation sites excluding steroid dienone is 2. The van der Waals surface area contributed by atoms with Gasteiger partial charge in [-0.1, -0.05) is 78.9 Å². The lowest BCUT2D eigenvalue weighted by atomic mass is 9.81. The predicted molar refractivity (Wildman–Crippen MR) is 124 cm³/mol. The van der Waals surface area contributed by atoms with Crippen molar-refractivity contribution in [2.75, 3.05) is 33.1 Å². The van der Waals surface area contributed by atoms with Gasteiger partial charge in [-0.15, -0.1) is 11.6 Å². The molecule has 0 bridgehead atoms. The Morgan fingerprint density at radius 3 is 2.03 bits per heavy atom. The summed E-state index contributed by atoms with van der Waals surface area (Å²) in [4.78, 5) is 2.11. The normalized spacial score (nSPS) is 12.8. The molecule has 3 aromatic carbocycles. The van der Waals surface area contributed by atoms with Crippen molar-refractivity contribution in [3.63, 3.8) is 0 Å². The van der Waals surface area contributed by atoms with E-state index in [2.05, 4.69) is 89.8 Å². The van der Waals surface area contributed by atoms with Crippen LogP contribution in [0.4, 0.5) is 0 Å². The first-order valence-corrected chi connectivity index (χ1v) is 10.5. The first-order valence-electron chi connectivity index (χ1n) is 9.93. The molecule has 0 heterocycles. The van der Waals surface area contributed by atoms with E-state index in [9.17, 15) is 0 Å². The van der Waals surface area contributed by atoms with Crippen LogP contribution in [-0.4, -0.2) is 38.0 Å². The highest BCUT2D eigenvalue weighted by Gasteiger charge is 2.20. The summed E-state index contributed by atoms with van der Waals surface area (Å²) in [6, 6.07) is 29.5. The average molecular weight is 406 g/mol. The van der Waals surface area contributed by atoms with Gasteiger partial charge in [-0.05, 0) is 48.5 Å². The summed E-state index contributed by atoms with van der Waals surface area (Å²) in [5, 5.41) is 0. The Hall–Kier alpha value is -2.55. The number of benzene rings is 3. The van der Waals surface area contributed by atoms with Gasteiger partial charge < -0.3 is 9.64 Å². The van der Waals surface area contributed by atoms with Gasteiger partial charge in [0.15, 0.2) is 0 Å². The molecule has 0 fully saturated rings. The van der Waals surface area contributed by atoms with Crippen LogP contribution in [0.1, 0.15) is 22.6 Å². The van der Waals surface area contributed by atoms with E-state index in [-0.39, 0.29) is 5.92 Å². The van der Waals surface area contributed by atoms with E-state index in [0.717, 1.165) is 12.3 Å². The number of alkyl halides is 1. The number of hydrogen-bond donors (Lipinski definition) is 0. The van der Waals surface area contributed by atoms with Gasteiger partial charge in [0.25, 0.3) is 0 Å². The topological polar surface area (TPSA) is 12.5 Å². The molecule has 3 heteroatoms. The summed E-state index contributed by atoms with van der Waals surface area (Å²) in [7, 11) is 4.09. The van der Waals surface area contributed by atoms with E-state index in [1.165, 1.54) is 22.3 Å². The zero-order valence-corrected chi connectivity index (χ0v) is 17.8. The fourth-order valence-corrected chi connectivity index (χ4v) is 3.58. The number of ether oxygens (including phenoxy) is 1. The molecule has 0 aliphatic carbocycles. The van der Waals surface area contributed by atoms with Crippen molar-refractivity contribution in [2.24, 2.45) is 0 Å². The molecule has 0 saturated heterocycles. The van der Waals surface area contributed by atoms with Crippen molar-refractivity contribution < 1.29 is 4.74 Å². The van der Waals surface area contributed by atoms with Gasteiger partial charge in [-0.2, -0.15) is 0 Å². The molecule has 0 amide bonds. The van der Waals surface area contributed by atoms with Gasteiger partial charge in [0, 0.05) is 18.3 Å². The summed E-state index contributed by atoms with van der Waals surface area (Å²) >= 11 is 6.17.